The molecule has 152 valence electrons. The maximum absolute atomic E-state index is 13.0. The molecule has 3 heterocycles. The van der Waals surface area contributed by atoms with Gasteiger partial charge in [-0.3, -0.25) is 9.59 Å². The van der Waals surface area contributed by atoms with Crippen LogP contribution in [-0.4, -0.2) is 66.8 Å². The van der Waals surface area contributed by atoms with Gasteiger partial charge in [-0.1, -0.05) is 12.1 Å². The summed E-state index contributed by atoms with van der Waals surface area (Å²) in [6, 6.07) is 6.03. The molecule has 0 bridgehead atoms. The number of halogens is 1. The molecule has 4 rings (SSSR count). The quantitative estimate of drug-likeness (QED) is 0.792. The van der Waals surface area contributed by atoms with E-state index in [9.17, 15) is 14.0 Å². The summed E-state index contributed by atoms with van der Waals surface area (Å²) in [6.07, 6.45) is 3.12. The molecule has 3 aliphatic heterocycles. The van der Waals surface area contributed by atoms with E-state index in [-0.39, 0.29) is 30.0 Å². The highest BCUT2D eigenvalue weighted by Gasteiger charge is 2.42. The van der Waals surface area contributed by atoms with E-state index in [1.165, 1.54) is 12.1 Å². The number of amides is 2. The largest absolute Gasteiger partial charge is 0.347 e. The molecule has 3 saturated heterocycles. The molecular formula is C21H27FN2O4. The van der Waals surface area contributed by atoms with E-state index in [0.29, 0.717) is 52.2 Å². The van der Waals surface area contributed by atoms with Gasteiger partial charge in [0.1, 0.15) is 5.82 Å². The third-order valence-electron chi connectivity index (χ3n) is 6.12. The molecule has 0 radical (unpaired) electrons. The minimum absolute atomic E-state index is 0.0191. The average Bonchev–Trinajstić information content (AvgIpc) is 3.18. The number of benzene rings is 1. The zero-order chi connectivity index (χ0) is 19.6. The van der Waals surface area contributed by atoms with Gasteiger partial charge in [0.25, 0.3) is 0 Å². The number of ether oxygens (including phenoxy) is 2. The highest BCUT2D eigenvalue weighted by molar-refractivity contribution is 5.81. The second-order valence-corrected chi connectivity index (χ2v) is 7.89. The Morgan fingerprint density at radius 1 is 0.964 bits per heavy atom. The third-order valence-corrected chi connectivity index (χ3v) is 6.12. The van der Waals surface area contributed by atoms with Crippen molar-refractivity contribution in [2.24, 2.45) is 5.92 Å². The number of hydrogen-bond donors (Lipinski definition) is 0. The van der Waals surface area contributed by atoms with Crippen LogP contribution >= 0.6 is 0 Å². The molecule has 1 spiro atoms. The van der Waals surface area contributed by atoms with Crippen molar-refractivity contribution in [1.82, 2.24) is 9.80 Å². The molecule has 28 heavy (non-hydrogen) atoms. The predicted octanol–water partition coefficient (Wildman–Crippen LogP) is 1.97. The standard InChI is InChI=1S/C21H27FN2O4/c22-18-3-1-16(2-4-18)15-19(25)23-9-5-17(6-10-23)20(26)24-11-7-21(8-12-24)27-13-14-28-21/h1-4,17H,5-15H2. The summed E-state index contributed by atoms with van der Waals surface area (Å²) in [4.78, 5) is 29.1. The predicted molar refractivity (Wildman–Crippen MR) is 99.9 cm³/mol. The topological polar surface area (TPSA) is 59.1 Å². The van der Waals surface area contributed by atoms with E-state index >= 15 is 0 Å². The van der Waals surface area contributed by atoms with Crippen LogP contribution in [0.1, 0.15) is 31.2 Å². The van der Waals surface area contributed by atoms with E-state index in [2.05, 4.69) is 0 Å². The van der Waals surface area contributed by atoms with Crippen LogP contribution in [0.4, 0.5) is 4.39 Å². The first-order chi connectivity index (χ1) is 13.5. The molecule has 1 aromatic rings. The summed E-state index contributed by atoms with van der Waals surface area (Å²) in [5.41, 5.74) is 0.809. The molecule has 0 atom stereocenters. The van der Waals surface area contributed by atoms with Crippen molar-refractivity contribution in [3.05, 3.63) is 35.6 Å². The fourth-order valence-corrected chi connectivity index (χ4v) is 4.38. The lowest BCUT2D eigenvalue weighted by Gasteiger charge is -2.40. The zero-order valence-corrected chi connectivity index (χ0v) is 16.1. The second kappa shape index (κ2) is 8.17. The highest BCUT2D eigenvalue weighted by atomic mass is 19.1. The molecule has 3 aliphatic rings. The molecule has 0 aromatic heterocycles. The van der Waals surface area contributed by atoms with Gasteiger partial charge in [0, 0.05) is 44.9 Å². The van der Waals surface area contributed by atoms with Gasteiger partial charge in [0.2, 0.25) is 11.8 Å². The van der Waals surface area contributed by atoms with E-state index < -0.39 is 5.79 Å². The first kappa shape index (κ1) is 19.3. The van der Waals surface area contributed by atoms with Crippen LogP contribution < -0.4 is 0 Å². The van der Waals surface area contributed by atoms with Crippen LogP contribution in [0.25, 0.3) is 0 Å². The Hall–Kier alpha value is -1.99. The Kier molecular flexibility index (Phi) is 5.64. The van der Waals surface area contributed by atoms with Crippen LogP contribution in [-0.2, 0) is 25.5 Å². The van der Waals surface area contributed by atoms with Crippen LogP contribution in [0.15, 0.2) is 24.3 Å². The maximum Gasteiger partial charge on any atom is 0.226 e. The van der Waals surface area contributed by atoms with Gasteiger partial charge in [-0.2, -0.15) is 0 Å². The number of nitrogens with zero attached hydrogens (tertiary/aromatic N) is 2. The van der Waals surface area contributed by atoms with Crippen molar-refractivity contribution in [1.29, 1.82) is 0 Å². The van der Waals surface area contributed by atoms with E-state index in [4.69, 9.17) is 9.47 Å². The molecular weight excluding hydrogens is 363 g/mol. The summed E-state index contributed by atoms with van der Waals surface area (Å²) in [7, 11) is 0. The SMILES string of the molecule is O=C(Cc1ccc(F)cc1)N1CCC(C(=O)N2CCC3(CC2)OCCO3)CC1. The Balaban J connectivity index is 1.24. The Morgan fingerprint density at radius 2 is 1.57 bits per heavy atom. The third kappa shape index (κ3) is 4.20. The van der Waals surface area contributed by atoms with Gasteiger partial charge in [0.05, 0.1) is 19.6 Å². The number of hydrogen-bond acceptors (Lipinski definition) is 4. The normalized spacial score (nSPS) is 22.6. The van der Waals surface area contributed by atoms with E-state index in [1.54, 1.807) is 12.1 Å². The lowest BCUT2D eigenvalue weighted by molar-refractivity contribution is -0.188. The summed E-state index contributed by atoms with van der Waals surface area (Å²) >= 11 is 0. The fraction of sp³-hybridized carbons (Fsp3) is 0.619. The number of piperidine rings is 2. The van der Waals surface area contributed by atoms with Gasteiger partial charge in [0.15, 0.2) is 5.79 Å². The summed E-state index contributed by atoms with van der Waals surface area (Å²) in [5.74, 6) is -0.557. The minimum atomic E-state index is -0.465. The molecule has 0 saturated carbocycles. The van der Waals surface area contributed by atoms with Gasteiger partial charge in [-0.15, -0.1) is 0 Å². The van der Waals surface area contributed by atoms with Crippen LogP contribution in [0.2, 0.25) is 0 Å². The number of carbonyl (C=O) groups excluding carboxylic acids is 2. The molecule has 2 amide bonds. The molecule has 3 fully saturated rings. The molecule has 0 unspecified atom stereocenters. The van der Waals surface area contributed by atoms with Crippen molar-refractivity contribution >= 4 is 11.8 Å². The van der Waals surface area contributed by atoms with E-state index in [0.717, 1.165) is 18.4 Å². The van der Waals surface area contributed by atoms with Crippen molar-refractivity contribution in [3.63, 3.8) is 0 Å². The maximum atomic E-state index is 13.0. The smallest absolute Gasteiger partial charge is 0.226 e. The van der Waals surface area contributed by atoms with E-state index in [1.807, 2.05) is 9.80 Å². The van der Waals surface area contributed by atoms with Crippen LogP contribution in [0.5, 0.6) is 0 Å². The molecule has 1 aromatic carbocycles. The van der Waals surface area contributed by atoms with Gasteiger partial charge >= 0.3 is 0 Å². The first-order valence-electron chi connectivity index (χ1n) is 10.1. The molecule has 6 nitrogen and oxygen atoms in total. The van der Waals surface area contributed by atoms with Crippen molar-refractivity contribution in [2.45, 2.75) is 37.9 Å². The monoisotopic (exact) mass is 390 g/mol. The summed E-state index contributed by atoms with van der Waals surface area (Å²) in [5, 5.41) is 0. The number of likely N-dealkylation sites (tertiary alicyclic amines) is 2. The summed E-state index contributed by atoms with van der Waals surface area (Å²) < 4.78 is 24.4. The average molecular weight is 390 g/mol. The Morgan fingerprint density at radius 3 is 2.18 bits per heavy atom. The van der Waals surface area contributed by atoms with Crippen molar-refractivity contribution < 1.29 is 23.5 Å². The lowest BCUT2D eigenvalue weighted by Crippen LogP contribution is -2.50. The lowest BCUT2D eigenvalue weighted by atomic mass is 9.93. The first-order valence-corrected chi connectivity index (χ1v) is 10.1. The van der Waals surface area contributed by atoms with Crippen LogP contribution in [0, 0.1) is 11.7 Å². The molecule has 7 heteroatoms. The molecule has 0 N–H and O–H groups in total. The summed E-state index contributed by atoms with van der Waals surface area (Å²) in [6.45, 7) is 3.81. The second-order valence-electron chi connectivity index (χ2n) is 7.89. The van der Waals surface area contributed by atoms with Crippen molar-refractivity contribution in [2.75, 3.05) is 39.4 Å². The zero-order valence-electron chi connectivity index (χ0n) is 16.1. The highest BCUT2D eigenvalue weighted by Crippen LogP contribution is 2.32. The van der Waals surface area contributed by atoms with Crippen LogP contribution in [0.3, 0.4) is 0 Å². The Bertz CT molecular complexity index is 700. The Labute approximate surface area is 164 Å². The van der Waals surface area contributed by atoms with Gasteiger partial charge in [-0.05, 0) is 30.5 Å². The number of carbonyl (C=O) groups is 2. The fourth-order valence-electron chi connectivity index (χ4n) is 4.38. The minimum Gasteiger partial charge on any atom is -0.347 e. The molecule has 0 aliphatic carbocycles. The van der Waals surface area contributed by atoms with Crippen molar-refractivity contribution in [3.8, 4) is 0 Å². The van der Waals surface area contributed by atoms with Gasteiger partial charge < -0.3 is 19.3 Å². The van der Waals surface area contributed by atoms with Gasteiger partial charge in [-0.25, -0.2) is 4.39 Å². The number of rotatable bonds is 3.